The second-order valence-electron chi connectivity index (χ2n) is 7.62. The van der Waals surface area contributed by atoms with E-state index in [-0.39, 0.29) is 5.65 Å². The number of pyridine rings is 1. The van der Waals surface area contributed by atoms with Gasteiger partial charge in [-0.1, -0.05) is 48.5 Å². The molecular formula is C27H21N3O4. The van der Waals surface area contributed by atoms with Crippen molar-refractivity contribution in [2.24, 2.45) is 0 Å². The molecular weight excluding hydrogens is 430 g/mol. The van der Waals surface area contributed by atoms with E-state index in [4.69, 9.17) is 9.47 Å². The molecule has 0 bridgehead atoms. The van der Waals surface area contributed by atoms with Crippen LogP contribution in [0.2, 0.25) is 0 Å². The van der Waals surface area contributed by atoms with Crippen molar-refractivity contribution < 1.29 is 9.47 Å². The first-order valence-corrected chi connectivity index (χ1v) is 10.6. The Balaban J connectivity index is 1.84. The smallest absolute Gasteiger partial charge is 0.334 e. The van der Waals surface area contributed by atoms with Gasteiger partial charge in [0.15, 0.2) is 11.5 Å². The summed E-state index contributed by atoms with van der Waals surface area (Å²) in [7, 11) is 3.14. The predicted molar refractivity (Wildman–Crippen MR) is 132 cm³/mol. The van der Waals surface area contributed by atoms with Crippen LogP contribution in [-0.4, -0.2) is 28.8 Å². The van der Waals surface area contributed by atoms with Crippen molar-refractivity contribution in [1.82, 2.24) is 14.5 Å². The molecule has 168 valence electrons. The minimum Gasteiger partial charge on any atom is -0.493 e. The highest BCUT2D eigenvalue weighted by atomic mass is 16.5. The molecule has 7 nitrogen and oxygen atoms in total. The van der Waals surface area contributed by atoms with Gasteiger partial charge in [-0.2, -0.15) is 0 Å². The maximum absolute atomic E-state index is 13.6. The van der Waals surface area contributed by atoms with Crippen molar-refractivity contribution in [2.75, 3.05) is 14.2 Å². The topological polar surface area (TPSA) is 86.2 Å². The SMILES string of the molecule is COc1ccc(-c2cc(-c3ccccc3)c3c(=O)n(-c4ccccc4)c(=O)[nH]c3n2)cc1OC. The first kappa shape index (κ1) is 21.2. The van der Waals surface area contributed by atoms with Gasteiger partial charge in [0.05, 0.1) is 31.0 Å². The van der Waals surface area contributed by atoms with Crippen LogP contribution in [0.25, 0.3) is 39.1 Å². The predicted octanol–water partition coefficient (Wildman–Crippen LogP) is 4.43. The Bertz CT molecular complexity index is 1610. The van der Waals surface area contributed by atoms with Gasteiger partial charge in [0.2, 0.25) is 0 Å². The summed E-state index contributed by atoms with van der Waals surface area (Å²) in [6.45, 7) is 0. The number of aromatic amines is 1. The Kier molecular flexibility index (Phi) is 5.43. The average Bonchev–Trinajstić information content (AvgIpc) is 2.88. The van der Waals surface area contributed by atoms with Crippen molar-refractivity contribution >= 4 is 11.0 Å². The Morgan fingerprint density at radius 2 is 1.44 bits per heavy atom. The first-order valence-electron chi connectivity index (χ1n) is 10.6. The molecule has 0 radical (unpaired) electrons. The summed E-state index contributed by atoms with van der Waals surface area (Å²) in [5.74, 6) is 1.14. The number of fused-ring (bicyclic) bond motifs is 1. The summed E-state index contributed by atoms with van der Waals surface area (Å²) < 4.78 is 11.9. The molecule has 5 aromatic rings. The van der Waals surface area contributed by atoms with E-state index in [2.05, 4.69) is 9.97 Å². The molecule has 0 aliphatic rings. The number of rotatable bonds is 5. The van der Waals surface area contributed by atoms with E-state index in [1.165, 1.54) is 0 Å². The molecule has 0 unspecified atom stereocenters. The molecule has 2 aromatic heterocycles. The third-order valence-electron chi connectivity index (χ3n) is 5.64. The Morgan fingerprint density at radius 3 is 2.12 bits per heavy atom. The molecule has 0 saturated carbocycles. The second-order valence-corrected chi connectivity index (χ2v) is 7.62. The minimum absolute atomic E-state index is 0.216. The maximum atomic E-state index is 13.6. The molecule has 5 rings (SSSR count). The molecule has 0 aliphatic heterocycles. The Labute approximate surface area is 194 Å². The van der Waals surface area contributed by atoms with Crippen LogP contribution in [0, 0.1) is 0 Å². The molecule has 0 aliphatic carbocycles. The van der Waals surface area contributed by atoms with Crippen LogP contribution in [0.5, 0.6) is 11.5 Å². The Hall–Kier alpha value is -4.65. The molecule has 0 amide bonds. The number of ether oxygens (including phenoxy) is 2. The first-order chi connectivity index (χ1) is 16.6. The fraction of sp³-hybridized carbons (Fsp3) is 0.0741. The molecule has 0 saturated heterocycles. The molecule has 0 fully saturated rings. The van der Waals surface area contributed by atoms with Gasteiger partial charge in [-0.15, -0.1) is 0 Å². The largest absolute Gasteiger partial charge is 0.493 e. The number of methoxy groups -OCH3 is 2. The standard InChI is InChI=1S/C27H21N3O4/c1-33-22-14-13-18(15-23(22)34-2)21-16-20(17-9-5-3-6-10-17)24-25(28-21)29-27(32)30(26(24)31)19-11-7-4-8-12-19/h3-16H,1-2H3,(H,28,29,32). The van der Waals surface area contributed by atoms with Gasteiger partial charge in [0, 0.05) is 11.1 Å². The quantitative estimate of drug-likeness (QED) is 0.427. The zero-order valence-electron chi connectivity index (χ0n) is 18.6. The van der Waals surface area contributed by atoms with Crippen LogP contribution in [0.15, 0.2) is 94.5 Å². The molecule has 2 heterocycles. The van der Waals surface area contributed by atoms with Gasteiger partial charge >= 0.3 is 5.69 Å². The van der Waals surface area contributed by atoms with E-state index < -0.39 is 11.2 Å². The number of benzene rings is 3. The fourth-order valence-electron chi connectivity index (χ4n) is 4.01. The highest BCUT2D eigenvalue weighted by Gasteiger charge is 2.18. The van der Waals surface area contributed by atoms with Crippen molar-refractivity contribution in [2.45, 2.75) is 0 Å². The fourth-order valence-corrected chi connectivity index (χ4v) is 4.01. The number of para-hydroxylation sites is 1. The van der Waals surface area contributed by atoms with Crippen LogP contribution in [0.3, 0.4) is 0 Å². The molecule has 0 atom stereocenters. The average molecular weight is 451 g/mol. The van der Waals surface area contributed by atoms with Crippen molar-refractivity contribution in [1.29, 1.82) is 0 Å². The maximum Gasteiger partial charge on any atom is 0.334 e. The Morgan fingerprint density at radius 1 is 0.765 bits per heavy atom. The van der Waals surface area contributed by atoms with Gasteiger partial charge in [-0.05, 0) is 42.0 Å². The van der Waals surface area contributed by atoms with Gasteiger partial charge in [-0.25, -0.2) is 14.3 Å². The van der Waals surface area contributed by atoms with Gasteiger partial charge < -0.3 is 9.47 Å². The highest BCUT2D eigenvalue weighted by molar-refractivity contribution is 5.94. The van der Waals surface area contributed by atoms with E-state index >= 15 is 0 Å². The minimum atomic E-state index is -0.556. The van der Waals surface area contributed by atoms with Gasteiger partial charge in [-0.3, -0.25) is 9.78 Å². The molecule has 0 spiro atoms. The number of hydrogen-bond acceptors (Lipinski definition) is 5. The number of H-pyrrole nitrogens is 1. The van der Waals surface area contributed by atoms with Crippen molar-refractivity contribution in [3.05, 3.63) is 106 Å². The summed E-state index contributed by atoms with van der Waals surface area (Å²) >= 11 is 0. The normalized spacial score (nSPS) is 10.9. The van der Waals surface area contributed by atoms with E-state index in [0.717, 1.165) is 15.7 Å². The van der Waals surface area contributed by atoms with E-state index in [0.29, 0.717) is 33.8 Å². The monoisotopic (exact) mass is 451 g/mol. The van der Waals surface area contributed by atoms with Crippen molar-refractivity contribution in [3.63, 3.8) is 0 Å². The van der Waals surface area contributed by atoms with Gasteiger partial charge in [0.25, 0.3) is 5.56 Å². The second kappa shape index (κ2) is 8.71. The van der Waals surface area contributed by atoms with E-state index in [1.54, 1.807) is 44.6 Å². The molecule has 1 N–H and O–H groups in total. The summed E-state index contributed by atoms with van der Waals surface area (Å²) in [6, 6.07) is 25.7. The van der Waals surface area contributed by atoms with Crippen molar-refractivity contribution in [3.8, 4) is 39.6 Å². The molecule has 34 heavy (non-hydrogen) atoms. The lowest BCUT2D eigenvalue weighted by Gasteiger charge is -2.13. The van der Waals surface area contributed by atoms with Crippen LogP contribution < -0.4 is 20.7 Å². The summed E-state index contributed by atoms with van der Waals surface area (Å²) in [4.78, 5) is 34.1. The van der Waals surface area contributed by atoms with Gasteiger partial charge in [0.1, 0.15) is 5.65 Å². The number of nitrogens with one attached hydrogen (secondary N) is 1. The number of hydrogen-bond donors (Lipinski definition) is 1. The van der Waals surface area contributed by atoms with Crippen LogP contribution in [-0.2, 0) is 0 Å². The van der Waals surface area contributed by atoms with Crippen LogP contribution in [0.4, 0.5) is 0 Å². The van der Waals surface area contributed by atoms with Crippen LogP contribution in [0.1, 0.15) is 0 Å². The zero-order chi connectivity index (χ0) is 23.7. The lowest BCUT2D eigenvalue weighted by Crippen LogP contribution is -2.34. The lowest BCUT2D eigenvalue weighted by atomic mass is 10.00. The van der Waals surface area contributed by atoms with E-state index in [9.17, 15) is 9.59 Å². The zero-order valence-corrected chi connectivity index (χ0v) is 18.6. The summed E-state index contributed by atoms with van der Waals surface area (Å²) in [5.41, 5.74) is 2.55. The third-order valence-corrected chi connectivity index (χ3v) is 5.64. The molecule has 7 heteroatoms. The molecule has 3 aromatic carbocycles. The summed E-state index contributed by atoms with van der Waals surface area (Å²) in [6.07, 6.45) is 0. The number of aromatic nitrogens is 3. The third kappa shape index (κ3) is 3.63. The lowest BCUT2D eigenvalue weighted by molar-refractivity contribution is 0.355. The summed E-state index contributed by atoms with van der Waals surface area (Å²) in [5, 5.41) is 0.332. The van der Waals surface area contributed by atoms with E-state index in [1.807, 2.05) is 54.6 Å². The number of nitrogens with zero attached hydrogens (tertiary/aromatic N) is 2. The van der Waals surface area contributed by atoms with Crippen LogP contribution >= 0.6 is 0 Å². The highest BCUT2D eigenvalue weighted by Crippen LogP contribution is 2.34.